The summed E-state index contributed by atoms with van der Waals surface area (Å²) in [6.45, 7) is 0.412. The van der Waals surface area contributed by atoms with Crippen LogP contribution in [-0.2, 0) is 11.3 Å². The molecule has 0 amide bonds. The van der Waals surface area contributed by atoms with E-state index in [0.29, 0.717) is 6.61 Å². The number of aromatic amines is 2. The third-order valence-electron chi connectivity index (χ3n) is 3.55. The number of nitrogens with zero attached hydrogens (tertiary/aromatic N) is 3. The number of H-pyrrole nitrogens is 2. The number of ether oxygens (including phenoxy) is 1. The Morgan fingerprint density at radius 3 is 2.90 bits per heavy atom. The number of hydrogen-bond acceptors (Lipinski definition) is 3. The van der Waals surface area contributed by atoms with Crippen molar-refractivity contribution in [3.63, 3.8) is 0 Å². The first-order valence-corrected chi connectivity index (χ1v) is 6.44. The summed E-state index contributed by atoms with van der Waals surface area (Å²) in [7, 11) is 1.63. The second-order valence-electron chi connectivity index (χ2n) is 4.79. The number of nitrogens with one attached hydrogen (secondary N) is 2. The lowest BCUT2D eigenvalue weighted by Crippen LogP contribution is -1.98. The number of aromatic nitrogens is 5. The van der Waals surface area contributed by atoms with E-state index in [2.05, 4.69) is 20.4 Å². The molecule has 0 aliphatic carbocycles. The lowest BCUT2D eigenvalue weighted by Gasteiger charge is -2.06. The number of benzene rings is 1. The molecule has 0 atom stereocenters. The normalized spacial score (nSPS) is 11.7. The molecule has 0 aliphatic rings. The fraction of sp³-hybridized carbons (Fsp3) is 0.143. The monoisotopic (exact) mass is 285 g/mol. The highest BCUT2D eigenvalue weighted by molar-refractivity contribution is 6.06. The lowest BCUT2D eigenvalue weighted by atomic mass is 10.2. The van der Waals surface area contributed by atoms with Crippen molar-refractivity contribution in [3.05, 3.63) is 42.1 Å². The molecule has 7 heteroatoms. The van der Waals surface area contributed by atoms with Gasteiger partial charge in [-0.3, -0.25) is 10.2 Å². The maximum atomic E-state index is 13.5. The fourth-order valence-electron chi connectivity index (χ4n) is 2.69. The number of methoxy groups -OCH3 is 1. The van der Waals surface area contributed by atoms with Crippen LogP contribution in [0.2, 0.25) is 0 Å². The van der Waals surface area contributed by atoms with Gasteiger partial charge in [-0.2, -0.15) is 10.2 Å². The van der Waals surface area contributed by atoms with E-state index < -0.39 is 0 Å². The first-order chi connectivity index (χ1) is 10.3. The number of rotatable bonds is 3. The van der Waals surface area contributed by atoms with Gasteiger partial charge >= 0.3 is 0 Å². The highest BCUT2D eigenvalue weighted by atomic mass is 19.1. The Hall–Kier alpha value is -2.67. The Labute approximate surface area is 118 Å². The number of hydrogen-bond donors (Lipinski definition) is 2. The van der Waals surface area contributed by atoms with E-state index in [9.17, 15) is 4.39 Å². The number of halogens is 1. The molecule has 0 saturated heterocycles. The summed E-state index contributed by atoms with van der Waals surface area (Å²) >= 11 is 0. The Balaban J connectivity index is 2.10. The summed E-state index contributed by atoms with van der Waals surface area (Å²) in [5, 5.41) is 14.8. The van der Waals surface area contributed by atoms with Crippen molar-refractivity contribution in [1.29, 1.82) is 0 Å². The molecule has 0 unspecified atom stereocenters. The highest BCUT2D eigenvalue weighted by Gasteiger charge is 2.17. The first kappa shape index (κ1) is 12.1. The average Bonchev–Trinajstić information content (AvgIpc) is 3.15. The van der Waals surface area contributed by atoms with Crippen molar-refractivity contribution in [2.24, 2.45) is 0 Å². The minimum absolute atomic E-state index is 0.277. The van der Waals surface area contributed by atoms with Gasteiger partial charge in [0.2, 0.25) is 0 Å². The van der Waals surface area contributed by atoms with Crippen molar-refractivity contribution in [3.8, 4) is 5.69 Å². The summed E-state index contributed by atoms with van der Waals surface area (Å²) in [5.74, 6) is -0.277. The van der Waals surface area contributed by atoms with Gasteiger partial charge in [0.05, 0.1) is 46.9 Å². The lowest BCUT2D eigenvalue weighted by molar-refractivity contribution is 0.181. The Morgan fingerprint density at radius 2 is 2.05 bits per heavy atom. The average molecular weight is 285 g/mol. The zero-order chi connectivity index (χ0) is 14.4. The van der Waals surface area contributed by atoms with Crippen LogP contribution in [0.4, 0.5) is 4.39 Å². The van der Waals surface area contributed by atoms with E-state index in [0.717, 1.165) is 33.3 Å². The van der Waals surface area contributed by atoms with E-state index >= 15 is 0 Å². The summed E-state index contributed by atoms with van der Waals surface area (Å²) in [5.41, 5.74) is 4.27. The molecule has 0 saturated carbocycles. The third-order valence-corrected chi connectivity index (χ3v) is 3.55. The van der Waals surface area contributed by atoms with Crippen molar-refractivity contribution in [2.45, 2.75) is 6.61 Å². The molecule has 4 aromatic rings. The van der Waals surface area contributed by atoms with Crippen LogP contribution in [0, 0.1) is 5.82 Å². The molecule has 3 heterocycles. The van der Waals surface area contributed by atoms with Gasteiger partial charge in [0.1, 0.15) is 5.82 Å². The maximum Gasteiger partial charge on any atom is 0.124 e. The largest absolute Gasteiger partial charge is 0.378 e. The van der Waals surface area contributed by atoms with E-state index in [-0.39, 0.29) is 5.82 Å². The van der Waals surface area contributed by atoms with Gasteiger partial charge in [-0.1, -0.05) is 0 Å². The van der Waals surface area contributed by atoms with Crippen molar-refractivity contribution in [2.75, 3.05) is 7.11 Å². The third kappa shape index (κ3) is 1.67. The molecule has 4 rings (SSSR count). The summed E-state index contributed by atoms with van der Waals surface area (Å²) in [6.07, 6.45) is 3.44. The van der Waals surface area contributed by atoms with Crippen molar-refractivity contribution in [1.82, 2.24) is 25.0 Å². The second-order valence-corrected chi connectivity index (χ2v) is 4.79. The van der Waals surface area contributed by atoms with E-state index in [4.69, 9.17) is 4.74 Å². The van der Waals surface area contributed by atoms with Crippen LogP contribution in [0.15, 0.2) is 30.6 Å². The molecule has 0 radical (unpaired) electrons. The van der Waals surface area contributed by atoms with Crippen LogP contribution in [0.5, 0.6) is 0 Å². The molecular formula is C14H12FN5O. The van der Waals surface area contributed by atoms with Gasteiger partial charge in [0, 0.05) is 12.5 Å². The smallest absolute Gasteiger partial charge is 0.124 e. The molecule has 106 valence electrons. The van der Waals surface area contributed by atoms with E-state index in [1.165, 1.54) is 12.1 Å². The van der Waals surface area contributed by atoms with Gasteiger partial charge < -0.3 is 9.30 Å². The predicted octanol–water partition coefficient (Wildman–Crippen LogP) is 2.52. The molecular weight excluding hydrogens is 273 g/mol. The van der Waals surface area contributed by atoms with Crippen LogP contribution < -0.4 is 0 Å². The van der Waals surface area contributed by atoms with Crippen LogP contribution in [0.25, 0.3) is 27.6 Å². The molecule has 21 heavy (non-hydrogen) atoms. The van der Waals surface area contributed by atoms with E-state index in [1.54, 1.807) is 25.6 Å². The van der Waals surface area contributed by atoms with Gasteiger partial charge in [-0.25, -0.2) is 4.39 Å². The quantitative estimate of drug-likeness (QED) is 0.607. The molecule has 2 N–H and O–H groups in total. The van der Waals surface area contributed by atoms with Gasteiger partial charge in [0.15, 0.2) is 0 Å². The SMILES string of the molecule is COCc1[nH]ncc1-n1c2ccc(F)cc2c2[nH]ncc21. The fourth-order valence-corrected chi connectivity index (χ4v) is 2.69. The molecule has 0 spiro atoms. The van der Waals surface area contributed by atoms with Crippen molar-refractivity contribution >= 4 is 21.9 Å². The molecule has 3 aromatic heterocycles. The second kappa shape index (κ2) is 4.42. The molecule has 6 nitrogen and oxygen atoms in total. The molecule has 0 aliphatic heterocycles. The number of fused-ring (bicyclic) bond motifs is 3. The summed E-state index contributed by atoms with van der Waals surface area (Å²) < 4.78 is 20.7. The topological polar surface area (TPSA) is 71.5 Å². The Bertz CT molecular complexity index is 935. The van der Waals surface area contributed by atoms with Crippen LogP contribution in [0.3, 0.4) is 0 Å². The van der Waals surface area contributed by atoms with Crippen LogP contribution in [0.1, 0.15) is 5.69 Å². The Kier molecular flexibility index (Phi) is 2.55. The standard InChI is InChI=1S/C14H12FN5O/c1-21-7-10-12(5-16-18-10)20-11-3-2-8(15)4-9(11)14-13(20)6-17-19-14/h2-6H,7H2,1H3,(H,16,18)(H,17,19). The maximum absolute atomic E-state index is 13.5. The predicted molar refractivity (Wildman–Crippen MR) is 75.7 cm³/mol. The molecule has 0 bridgehead atoms. The molecule has 0 fully saturated rings. The minimum atomic E-state index is -0.277. The molecule has 1 aromatic carbocycles. The Morgan fingerprint density at radius 1 is 1.19 bits per heavy atom. The van der Waals surface area contributed by atoms with Crippen molar-refractivity contribution < 1.29 is 9.13 Å². The van der Waals surface area contributed by atoms with Gasteiger partial charge in [-0.05, 0) is 18.2 Å². The van der Waals surface area contributed by atoms with Gasteiger partial charge in [-0.15, -0.1) is 0 Å². The zero-order valence-corrected chi connectivity index (χ0v) is 11.2. The summed E-state index contributed by atoms with van der Waals surface area (Å²) in [6, 6.07) is 4.70. The highest BCUT2D eigenvalue weighted by Crippen LogP contribution is 2.31. The van der Waals surface area contributed by atoms with E-state index in [1.807, 2.05) is 4.57 Å². The van der Waals surface area contributed by atoms with Gasteiger partial charge in [0.25, 0.3) is 0 Å². The minimum Gasteiger partial charge on any atom is -0.378 e. The van der Waals surface area contributed by atoms with Crippen LogP contribution >= 0.6 is 0 Å². The zero-order valence-electron chi connectivity index (χ0n) is 11.2. The first-order valence-electron chi connectivity index (χ1n) is 6.44. The summed E-state index contributed by atoms with van der Waals surface area (Å²) in [4.78, 5) is 0. The van der Waals surface area contributed by atoms with Crippen LogP contribution in [-0.4, -0.2) is 32.1 Å².